The number of carbonyl (C=O) groups is 1. The van der Waals surface area contributed by atoms with Gasteiger partial charge in [-0.1, -0.05) is 39.8 Å². The first kappa shape index (κ1) is 14.9. The van der Waals surface area contributed by atoms with Crippen LogP contribution in [0.3, 0.4) is 0 Å². The van der Waals surface area contributed by atoms with Crippen LogP contribution in [0.1, 0.15) is 66.2 Å². The smallest absolute Gasteiger partial charge is 0.167 e. The Morgan fingerprint density at radius 1 is 1.05 bits per heavy atom. The Morgan fingerprint density at radius 3 is 2.45 bits per heavy atom. The minimum absolute atomic E-state index is 0.0623. The van der Waals surface area contributed by atoms with Crippen LogP contribution >= 0.6 is 0 Å². The van der Waals surface area contributed by atoms with E-state index in [2.05, 4.69) is 39.8 Å². The summed E-state index contributed by atoms with van der Waals surface area (Å²) in [6.45, 7) is 9.11. The predicted molar refractivity (Wildman–Crippen MR) is 87.3 cm³/mol. The normalized spacial score (nSPS) is 55.7. The van der Waals surface area contributed by atoms with Gasteiger partial charge in [0.1, 0.15) is 6.10 Å². The zero-order valence-electron chi connectivity index (χ0n) is 14.5. The summed E-state index contributed by atoms with van der Waals surface area (Å²) in [5.74, 6) is 0.988. The molecule has 0 aromatic heterocycles. The molecule has 3 saturated carbocycles. The van der Waals surface area contributed by atoms with Crippen LogP contribution in [0.5, 0.6) is 0 Å². The van der Waals surface area contributed by atoms with Crippen LogP contribution in [-0.4, -0.2) is 17.0 Å². The van der Waals surface area contributed by atoms with Gasteiger partial charge >= 0.3 is 0 Å². The van der Waals surface area contributed by atoms with E-state index in [1.807, 2.05) is 0 Å². The van der Waals surface area contributed by atoms with Crippen molar-refractivity contribution in [2.45, 2.75) is 72.3 Å². The quantitative estimate of drug-likeness (QED) is 0.683. The molecule has 4 aliphatic rings. The Labute approximate surface area is 134 Å². The molecule has 0 amide bonds. The molecule has 22 heavy (non-hydrogen) atoms. The summed E-state index contributed by atoms with van der Waals surface area (Å²) in [6, 6.07) is 0. The summed E-state index contributed by atoms with van der Waals surface area (Å²) in [4.78, 5) is 13.1. The monoisotopic (exact) mass is 302 g/mol. The van der Waals surface area contributed by atoms with Crippen LogP contribution in [0, 0.1) is 33.5 Å². The van der Waals surface area contributed by atoms with E-state index in [9.17, 15) is 9.90 Å². The summed E-state index contributed by atoms with van der Waals surface area (Å²) in [5.41, 5.74) is 0.300. The van der Waals surface area contributed by atoms with Crippen molar-refractivity contribution in [1.29, 1.82) is 0 Å². The highest BCUT2D eigenvalue weighted by atomic mass is 16.3. The van der Waals surface area contributed by atoms with E-state index in [-0.39, 0.29) is 22.0 Å². The second-order valence-corrected chi connectivity index (χ2v) is 9.94. The van der Waals surface area contributed by atoms with Gasteiger partial charge in [0.25, 0.3) is 0 Å². The summed E-state index contributed by atoms with van der Waals surface area (Å²) >= 11 is 0. The molecule has 6 atom stereocenters. The van der Waals surface area contributed by atoms with Crippen molar-refractivity contribution in [3.8, 4) is 0 Å². The maximum atomic E-state index is 13.1. The molecule has 4 aliphatic carbocycles. The molecule has 1 N–H and O–H groups in total. The molecule has 2 heteroatoms. The van der Waals surface area contributed by atoms with Gasteiger partial charge in [0.2, 0.25) is 0 Å². The fourth-order valence-electron chi connectivity index (χ4n) is 7.25. The third kappa shape index (κ3) is 1.63. The standard InChI is InChI=1S/C20H30O2/c1-17(2)11-13(21)16(22)19(4)14(17)6-8-20-10-9-18(3,12-20)7-5-15(19)20/h9-10,13-15,21H,5-8,11-12H2,1-4H3/t13-,14+,15-,18+,19+,20-/m0/s1. The van der Waals surface area contributed by atoms with Gasteiger partial charge in [-0.25, -0.2) is 0 Å². The number of rotatable bonds is 0. The van der Waals surface area contributed by atoms with E-state index in [0.717, 1.165) is 12.8 Å². The van der Waals surface area contributed by atoms with Gasteiger partial charge in [0.15, 0.2) is 5.78 Å². The molecule has 0 aromatic carbocycles. The molecular formula is C20H30O2. The van der Waals surface area contributed by atoms with Gasteiger partial charge in [-0.3, -0.25) is 4.79 Å². The van der Waals surface area contributed by atoms with E-state index in [1.54, 1.807) is 0 Å². The second-order valence-electron chi connectivity index (χ2n) is 9.94. The lowest BCUT2D eigenvalue weighted by Gasteiger charge is -2.63. The maximum absolute atomic E-state index is 13.1. The van der Waals surface area contributed by atoms with Crippen LogP contribution in [0.15, 0.2) is 12.2 Å². The number of aliphatic hydroxyl groups excluding tert-OH is 1. The van der Waals surface area contributed by atoms with E-state index < -0.39 is 6.10 Å². The van der Waals surface area contributed by atoms with Crippen LogP contribution in [-0.2, 0) is 4.79 Å². The maximum Gasteiger partial charge on any atom is 0.167 e. The molecule has 0 heterocycles. The zero-order chi connectivity index (χ0) is 16.0. The predicted octanol–water partition coefficient (Wildman–Crippen LogP) is 4.13. The van der Waals surface area contributed by atoms with Gasteiger partial charge < -0.3 is 5.11 Å². The highest BCUT2D eigenvalue weighted by Gasteiger charge is 2.67. The first-order valence-corrected chi connectivity index (χ1v) is 9.06. The summed E-state index contributed by atoms with van der Waals surface area (Å²) in [6.07, 6.45) is 10.7. The van der Waals surface area contributed by atoms with Crippen LogP contribution in [0.25, 0.3) is 0 Å². The molecule has 3 fully saturated rings. The van der Waals surface area contributed by atoms with Crippen molar-refractivity contribution < 1.29 is 9.90 Å². The van der Waals surface area contributed by atoms with Crippen molar-refractivity contribution in [2.24, 2.45) is 33.5 Å². The molecular weight excluding hydrogens is 272 g/mol. The summed E-state index contributed by atoms with van der Waals surface area (Å²) in [5, 5.41) is 10.5. The average molecular weight is 302 g/mol. The van der Waals surface area contributed by atoms with Gasteiger partial charge in [0.05, 0.1) is 0 Å². The highest BCUT2D eigenvalue weighted by Crippen LogP contribution is 2.70. The number of carbonyl (C=O) groups excluding carboxylic acids is 1. The molecule has 0 saturated heterocycles. The number of hydrogen-bond donors (Lipinski definition) is 1. The van der Waals surface area contributed by atoms with Crippen molar-refractivity contribution in [1.82, 2.24) is 0 Å². The number of fused-ring (bicyclic) bond motifs is 3. The third-order valence-corrected chi connectivity index (χ3v) is 8.09. The van der Waals surface area contributed by atoms with Crippen LogP contribution < -0.4 is 0 Å². The van der Waals surface area contributed by atoms with Gasteiger partial charge in [-0.15, -0.1) is 0 Å². The van der Waals surface area contributed by atoms with Crippen LogP contribution in [0.4, 0.5) is 0 Å². The van der Waals surface area contributed by atoms with Crippen molar-refractivity contribution >= 4 is 5.78 Å². The van der Waals surface area contributed by atoms with E-state index in [4.69, 9.17) is 0 Å². The number of aliphatic hydroxyl groups is 1. The number of allylic oxidation sites excluding steroid dienone is 2. The Bertz CT molecular complexity index is 562. The number of hydrogen-bond acceptors (Lipinski definition) is 2. The Hall–Kier alpha value is -0.630. The Balaban J connectivity index is 1.82. The lowest BCUT2D eigenvalue weighted by molar-refractivity contribution is -0.183. The molecule has 2 bridgehead atoms. The first-order valence-electron chi connectivity index (χ1n) is 9.06. The van der Waals surface area contributed by atoms with E-state index in [0.29, 0.717) is 23.7 Å². The largest absolute Gasteiger partial charge is 0.385 e. The molecule has 122 valence electrons. The van der Waals surface area contributed by atoms with Gasteiger partial charge in [-0.05, 0) is 66.6 Å². The molecule has 4 rings (SSSR count). The van der Waals surface area contributed by atoms with Crippen molar-refractivity contribution in [3.63, 3.8) is 0 Å². The van der Waals surface area contributed by atoms with E-state index in [1.165, 1.54) is 19.3 Å². The first-order chi connectivity index (χ1) is 10.1. The molecule has 0 aliphatic heterocycles. The topological polar surface area (TPSA) is 37.3 Å². The van der Waals surface area contributed by atoms with Crippen molar-refractivity contribution in [3.05, 3.63) is 12.2 Å². The van der Waals surface area contributed by atoms with Crippen molar-refractivity contribution in [2.75, 3.05) is 0 Å². The molecule has 1 spiro atoms. The lowest BCUT2D eigenvalue weighted by atomic mass is 9.40. The van der Waals surface area contributed by atoms with Crippen LogP contribution in [0.2, 0.25) is 0 Å². The summed E-state index contributed by atoms with van der Waals surface area (Å²) in [7, 11) is 0. The highest BCUT2D eigenvalue weighted by molar-refractivity contribution is 5.90. The molecule has 0 radical (unpaired) electrons. The fraction of sp³-hybridized carbons (Fsp3) is 0.850. The lowest BCUT2D eigenvalue weighted by Crippen LogP contribution is -2.63. The Kier molecular flexibility index (Phi) is 2.76. The van der Waals surface area contributed by atoms with Gasteiger partial charge in [-0.2, -0.15) is 0 Å². The van der Waals surface area contributed by atoms with Gasteiger partial charge in [0, 0.05) is 5.41 Å². The third-order valence-electron chi connectivity index (χ3n) is 8.09. The zero-order valence-corrected chi connectivity index (χ0v) is 14.5. The SMILES string of the molecule is CC1(C)C[C@H](O)C(=O)[C@]2(C)[C@@H]1CC[C@@]13C=C[C@@](C)(CC[C@H]12)C3. The average Bonchev–Trinajstić information content (AvgIpc) is 2.66. The number of ketones is 1. The molecule has 2 nitrogen and oxygen atoms in total. The molecule has 0 unspecified atom stereocenters. The summed E-state index contributed by atoms with van der Waals surface area (Å²) < 4.78 is 0. The Morgan fingerprint density at radius 2 is 1.73 bits per heavy atom. The second kappa shape index (κ2) is 4.06. The van der Waals surface area contributed by atoms with E-state index >= 15 is 0 Å². The minimum atomic E-state index is -0.759. The molecule has 0 aromatic rings. The fourth-order valence-corrected chi connectivity index (χ4v) is 7.25. The minimum Gasteiger partial charge on any atom is -0.385 e. The number of Topliss-reactive ketones (excluding diaryl/α,β-unsaturated/α-hetero) is 1.